The third-order valence-corrected chi connectivity index (χ3v) is 4.30. The molecule has 1 aliphatic heterocycles. The molecule has 1 N–H and O–H groups in total. The molecule has 0 bridgehead atoms. The molecule has 1 atom stereocenters. The summed E-state index contributed by atoms with van der Waals surface area (Å²) in [5.74, 6) is 0. The first-order valence-corrected chi connectivity index (χ1v) is 7.91. The zero-order chi connectivity index (χ0) is 16.0. The first-order chi connectivity index (χ1) is 11.1. The van der Waals surface area contributed by atoms with E-state index in [1.54, 1.807) is 6.92 Å². The maximum atomic E-state index is 9.23. The van der Waals surface area contributed by atoms with Crippen molar-refractivity contribution in [3.05, 3.63) is 18.0 Å². The Morgan fingerprint density at radius 1 is 1.48 bits per heavy atom. The van der Waals surface area contributed by atoms with Crippen molar-refractivity contribution < 1.29 is 4.84 Å². The normalized spacial score (nSPS) is 23.4. The lowest BCUT2D eigenvalue weighted by molar-refractivity contribution is 0.0425. The van der Waals surface area contributed by atoms with E-state index in [0.717, 1.165) is 34.5 Å². The van der Waals surface area contributed by atoms with Crippen molar-refractivity contribution in [3.63, 3.8) is 0 Å². The maximum absolute atomic E-state index is 9.23. The zero-order valence-corrected chi connectivity index (χ0v) is 13.2. The van der Waals surface area contributed by atoms with E-state index in [2.05, 4.69) is 26.6 Å². The smallest absolute Gasteiger partial charge is 0.225 e. The van der Waals surface area contributed by atoms with Crippen LogP contribution in [0.3, 0.4) is 0 Å². The molecular formula is C16H18N6O. The van der Waals surface area contributed by atoms with Crippen molar-refractivity contribution in [1.29, 1.82) is 5.26 Å². The van der Waals surface area contributed by atoms with Gasteiger partial charge in [-0.2, -0.15) is 10.4 Å². The molecule has 7 nitrogen and oxygen atoms in total. The van der Waals surface area contributed by atoms with Crippen LogP contribution < -0.4 is 5.32 Å². The van der Waals surface area contributed by atoms with Crippen molar-refractivity contribution >= 4 is 22.4 Å². The molecule has 2 aliphatic rings. The van der Waals surface area contributed by atoms with Gasteiger partial charge in [-0.05, 0) is 26.7 Å². The van der Waals surface area contributed by atoms with Gasteiger partial charge >= 0.3 is 0 Å². The molecule has 0 amide bonds. The van der Waals surface area contributed by atoms with Crippen LogP contribution in [0.15, 0.2) is 17.5 Å². The molecule has 1 fully saturated rings. The summed E-state index contributed by atoms with van der Waals surface area (Å²) >= 11 is 0. The standard InChI is InChI=1S/C16H18N6O/c1-3-22-15-12(8-19-22)14(20-10-4-5-10)11(7-18-15)13-6-16(2,9-17)23-21-13/h7-8,10H,3-6H2,1-2H3,(H,18,20). The molecule has 2 aromatic heterocycles. The Kier molecular flexibility index (Phi) is 3.01. The molecule has 118 valence electrons. The molecule has 4 rings (SSSR count). The first-order valence-electron chi connectivity index (χ1n) is 7.91. The number of pyridine rings is 1. The van der Waals surface area contributed by atoms with Crippen LogP contribution in [0.2, 0.25) is 0 Å². The van der Waals surface area contributed by atoms with Gasteiger partial charge < -0.3 is 10.2 Å². The Balaban J connectivity index is 1.81. The Hall–Kier alpha value is -2.62. The molecule has 23 heavy (non-hydrogen) atoms. The lowest BCUT2D eigenvalue weighted by atomic mass is 9.96. The highest BCUT2D eigenvalue weighted by atomic mass is 16.7. The minimum absolute atomic E-state index is 0.456. The monoisotopic (exact) mass is 310 g/mol. The summed E-state index contributed by atoms with van der Waals surface area (Å²) in [5, 5.41) is 22.3. The lowest BCUT2D eigenvalue weighted by Crippen LogP contribution is -2.22. The van der Waals surface area contributed by atoms with E-state index >= 15 is 0 Å². The van der Waals surface area contributed by atoms with Gasteiger partial charge in [0.1, 0.15) is 6.07 Å². The average molecular weight is 310 g/mol. The SMILES string of the molecule is CCn1ncc2c(NC3CC3)c(C3=NOC(C)(C#N)C3)cnc21. The number of nitrogens with zero attached hydrogens (tertiary/aromatic N) is 5. The highest BCUT2D eigenvalue weighted by Gasteiger charge is 2.36. The Morgan fingerprint density at radius 2 is 2.30 bits per heavy atom. The summed E-state index contributed by atoms with van der Waals surface area (Å²) in [6.45, 7) is 4.57. The minimum Gasteiger partial charge on any atom is -0.381 e. The molecule has 1 saturated carbocycles. The number of nitrogens with one attached hydrogen (secondary N) is 1. The molecule has 0 spiro atoms. The van der Waals surface area contributed by atoms with Gasteiger partial charge in [0, 0.05) is 30.8 Å². The quantitative estimate of drug-likeness (QED) is 0.937. The van der Waals surface area contributed by atoms with E-state index in [1.165, 1.54) is 12.8 Å². The topological polar surface area (TPSA) is 88.1 Å². The summed E-state index contributed by atoms with van der Waals surface area (Å²) in [5.41, 5.74) is 2.63. The molecule has 7 heteroatoms. The van der Waals surface area contributed by atoms with E-state index in [1.807, 2.05) is 24.0 Å². The fourth-order valence-electron chi connectivity index (χ4n) is 2.81. The van der Waals surface area contributed by atoms with Gasteiger partial charge in [0.05, 0.1) is 23.0 Å². The lowest BCUT2D eigenvalue weighted by Gasteiger charge is -2.13. The number of anilines is 1. The predicted molar refractivity (Wildman–Crippen MR) is 86.1 cm³/mol. The second kappa shape index (κ2) is 4.95. The number of aromatic nitrogens is 3. The highest BCUT2D eigenvalue weighted by Crippen LogP contribution is 2.35. The van der Waals surface area contributed by atoms with Crippen LogP contribution in [-0.4, -0.2) is 32.1 Å². The number of hydrogen-bond acceptors (Lipinski definition) is 6. The fraction of sp³-hybridized carbons (Fsp3) is 0.500. The van der Waals surface area contributed by atoms with Gasteiger partial charge in [-0.15, -0.1) is 0 Å². The van der Waals surface area contributed by atoms with Crippen LogP contribution >= 0.6 is 0 Å². The van der Waals surface area contributed by atoms with Crippen LogP contribution in [0.1, 0.15) is 38.7 Å². The molecule has 1 unspecified atom stereocenters. The van der Waals surface area contributed by atoms with Crippen LogP contribution in [0.5, 0.6) is 0 Å². The second-order valence-corrected chi connectivity index (χ2v) is 6.31. The number of rotatable bonds is 4. The number of nitriles is 1. The van der Waals surface area contributed by atoms with Crippen molar-refractivity contribution in [1.82, 2.24) is 14.8 Å². The van der Waals surface area contributed by atoms with Gasteiger partial charge in [-0.1, -0.05) is 5.16 Å². The summed E-state index contributed by atoms with van der Waals surface area (Å²) in [6.07, 6.45) is 6.46. The van der Waals surface area contributed by atoms with E-state index in [9.17, 15) is 5.26 Å². The Labute approximate surface area is 133 Å². The van der Waals surface area contributed by atoms with Gasteiger partial charge in [-0.3, -0.25) is 0 Å². The molecule has 0 radical (unpaired) electrons. The minimum atomic E-state index is -0.894. The number of aryl methyl sites for hydroxylation is 1. The van der Waals surface area contributed by atoms with Gasteiger partial charge in [0.2, 0.25) is 5.60 Å². The second-order valence-electron chi connectivity index (χ2n) is 6.31. The predicted octanol–water partition coefficient (Wildman–Crippen LogP) is 2.43. The Morgan fingerprint density at radius 3 is 2.96 bits per heavy atom. The van der Waals surface area contributed by atoms with E-state index in [0.29, 0.717) is 12.5 Å². The molecular weight excluding hydrogens is 292 g/mol. The van der Waals surface area contributed by atoms with Crippen LogP contribution in [0, 0.1) is 11.3 Å². The summed E-state index contributed by atoms with van der Waals surface area (Å²) in [7, 11) is 0. The Bertz CT molecular complexity index is 844. The first kappa shape index (κ1) is 14.0. The van der Waals surface area contributed by atoms with Crippen LogP contribution in [0.25, 0.3) is 11.0 Å². The van der Waals surface area contributed by atoms with Crippen LogP contribution in [-0.2, 0) is 11.4 Å². The number of hydrogen-bond donors (Lipinski definition) is 1. The molecule has 3 heterocycles. The number of oxime groups is 1. The summed E-state index contributed by atoms with van der Waals surface area (Å²) < 4.78 is 1.88. The van der Waals surface area contributed by atoms with Crippen molar-refractivity contribution in [2.75, 3.05) is 5.32 Å². The van der Waals surface area contributed by atoms with Crippen molar-refractivity contribution in [3.8, 4) is 6.07 Å². The van der Waals surface area contributed by atoms with Crippen molar-refractivity contribution in [2.24, 2.45) is 5.16 Å². The van der Waals surface area contributed by atoms with Gasteiger partial charge in [-0.25, -0.2) is 9.67 Å². The average Bonchev–Trinajstić information content (AvgIpc) is 3.14. The highest BCUT2D eigenvalue weighted by molar-refractivity contribution is 6.11. The largest absolute Gasteiger partial charge is 0.381 e. The van der Waals surface area contributed by atoms with E-state index in [4.69, 9.17) is 4.84 Å². The summed E-state index contributed by atoms with van der Waals surface area (Å²) in [6, 6.07) is 2.66. The van der Waals surface area contributed by atoms with Gasteiger partial charge in [0.25, 0.3) is 0 Å². The summed E-state index contributed by atoms with van der Waals surface area (Å²) in [4.78, 5) is 9.88. The number of fused-ring (bicyclic) bond motifs is 1. The van der Waals surface area contributed by atoms with E-state index in [-0.39, 0.29) is 0 Å². The fourth-order valence-corrected chi connectivity index (χ4v) is 2.81. The van der Waals surface area contributed by atoms with Crippen LogP contribution in [0.4, 0.5) is 5.69 Å². The third kappa shape index (κ3) is 2.31. The molecule has 2 aromatic rings. The van der Waals surface area contributed by atoms with Crippen molar-refractivity contribution in [2.45, 2.75) is 51.3 Å². The maximum Gasteiger partial charge on any atom is 0.225 e. The van der Waals surface area contributed by atoms with Gasteiger partial charge in [0.15, 0.2) is 5.65 Å². The zero-order valence-electron chi connectivity index (χ0n) is 13.2. The third-order valence-electron chi connectivity index (χ3n) is 4.30. The van der Waals surface area contributed by atoms with E-state index < -0.39 is 5.60 Å². The molecule has 0 saturated heterocycles. The molecule has 0 aromatic carbocycles. The molecule has 1 aliphatic carbocycles.